The first kappa shape index (κ1) is 31.7. The maximum Gasteiger partial charge on any atom is 0.164 e. The Morgan fingerprint density at radius 2 is 1.19 bits per heavy atom. The lowest BCUT2D eigenvalue weighted by molar-refractivity contribution is 0.664. The number of nitrogens with zero attached hydrogens (tertiary/aromatic N) is 4. The fourth-order valence-electron chi connectivity index (χ4n) is 8.48. The van der Waals surface area contributed by atoms with Crippen LogP contribution in [0, 0.1) is 11.3 Å². The topological polar surface area (TPSA) is 62.5 Å². The van der Waals surface area contributed by atoms with Gasteiger partial charge in [-0.15, -0.1) is 0 Å². The van der Waals surface area contributed by atoms with Crippen LogP contribution in [0.15, 0.2) is 170 Å². The van der Waals surface area contributed by atoms with Crippen LogP contribution in [0.5, 0.6) is 0 Å². The number of benzene rings is 6. The molecule has 0 bridgehead atoms. The quantitative estimate of drug-likeness (QED) is 0.174. The number of fused-ring (bicyclic) bond motifs is 5. The molecule has 1 heterocycles. The number of allylic oxidation sites excluding steroid dienone is 5. The van der Waals surface area contributed by atoms with Crippen LogP contribution in [-0.2, 0) is 6.42 Å². The predicted octanol–water partition coefficient (Wildman–Crippen LogP) is 11.6. The summed E-state index contributed by atoms with van der Waals surface area (Å²) in [6, 6.07) is 53.2. The zero-order valence-corrected chi connectivity index (χ0v) is 29.5. The average molecular weight is 691 g/mol. The average Bonchev–Trinajstić information content (AvgIpc) is 3.93. The number of rotatable bonds is 6. The summed E-state index contributed by atoms with van der Waals surface area (Å²) in [5.41, 5.74) is 16.3. The molecule has 0 radical (unpaired) electrons. The van der Waals surface area contributed by atoms with E-state index in [0.717, 1.165) is 40.7 Å². The standard InChI is InChI=1S/C50H34N4/c51-31-32-20-22-34(23-21-32)41-19-9-15-39-29-45-43-18-7-6-17-42(43)44(30-46(45)47(39)41)35-24-26-37(27-25-35)49-52-48(36-12-2-1-3-13-36)53-50(54-49)40-16-8-14-38(28-40)33-10-4-5-11-33/h1-10,12-28,30,45-46H,11,29H2. The second-order valence-corrected chi connectivity index (χ2v) is 14.2. The summed E-state index contributed by atoms with van der Waals surface area (Å²) in [6.07, 6.45) is 10.9. The Morgan fingerprint density at radius 3 is 1.94 bits per heavy atom. The first-order chi connectivity index (χ1) is 26.7. The van der Waals surface area contributed by atoms with Gasteiger partial charge in [0.2, 0.25) is 0 Å². The van der Waals surface area contributed by atoms with E-state index < -0.39 is 0 Å². The molecule has 254 valence electrons. The van der Waals surface area contributed by atoms with Gasteiger partial charge in [0.1, 0.15) is 0 Å². The Bertz CT molecular complexity index is 2710. The summed E-state index contributed by atoms with van der Waals surface area (Å²) >= 11 is 0. The third-order valence-electron chi connectivity index (χ3n) is 11.1. The Hall–Kier alpha value is -6.96. The van der Waals surface area contributed by atoms with Crippen molar-refractivity contribution in [3.63, 3.8) is 0 Å². The van der Waals surface area contributed by atoms with Gasteiger partial charge in [0.25, 0.3) is 0 Å². The van der Waals surface area contributed by atoms with Crippen molar-refractivity contribution in [3.8, 4) is 51.4 Å². The third kappa shape index (κ3) is 5.59. The minimum Gasteiger partial charge on any atom is -0.208 e. The Balaban J connectivity index is 1.05. The largest absolute Gasteiger partial charge is 0.208 e. The van der Waals surface area contributed by atoms with Gasteiger partial charge in [-0.1, -0.05) is 152 Å². The molecule has 0 spiro atoms. The molecule has 3 aliphatic carbocycles. The van der Waals surface area contributed by atoms with Crippen LogP contribution in [0.25, 0.3) is 56.4 Å². The minimum atomic E-state index is 0.238. The van der Waals surface area contributed by atoms with E-state index in [1.54, 1.807) is 0 Å². The molecule has 7 aromatic rings. The van der Waals surface area contributed by atoms with Crippen LogP contribution in [0.1, 0.15) is 57.2 Å². The zero-order valence-electron chi connectivity index (χ0n) is 29.5. The summed E-state index contributed by atoms with van der Waals surface area (Å²) < 4.78 is 0. The molecule has 10 rings (SSSR count). The van der Waals surface area contributed by atoms with Crippen molar-refractivity contribution in [1.82, 2.24) is 15.0 Å². The van der Waals surface area contributed by atoms with Crippen molar-refractivity contribution in [2.75, 3.05) is 0 Å². The van der Waals surface area contributed by atoms with Crippen LogP contribution < -0.4 is 0 Å². The normalized spacial score (nSPS) is 16.5. The third-order valence-corrected chi connectivity index (χ3v) is 11.1. The Morgan fingerprint density at radius 1 is 0.556 bits per heavy atom. The van der Waals surface area contributed by atoms with Gasteiger partial charge in [-0.05, 0) is 92.6 Å². The van der Waals surface area contributed by atoms with Gasteiger partial charge >= 0.3 is 0 Å². The van der Waals surface area contributed by atoms with E-state index >= 15 is 0 Å². The fourth-order valence-corrected chi connectivity index (χ4v) is 8.48. The van der Waals surface area contributed by atoms with Gasteiger partial charge in [-0.25, -0.2) is 15.0 Å². The summed E-state index contributed by atoms with van der Waals surface area (Å²) in [5, 5.41) is 9.41. The van der Waals surface area contributed by atoms with E-state index in [9.17, 15) is 5.26 Å². The molecule has 0 N–H and O–H groups in total. The Labute approximate surface area is 315 Å². The maximum absolute atomic E-state index is 9.41. The molecular weight excluding hydrogens is 657 g/mol. The van der Waals surface area contributed by atoms with Crippen LogP contribution in [0.3, 0.4) is 0 Å². The van der Waals surface area contributed by atoms with Gasteiger partial charge in [-0.2, -0.15) is 5.26 Å². The first-order valence-electron chi connectivity index (χ1n) is 18.5. The van der Waals surface area contributed by atoms with E-state index in [1.807, 2.05) is 42.5 Å². The van der Waals surface area contributed by atoms with Gasteiger partial charge in [0.15, 0.2) is 17.5 Å². The van der Waals surface area contributed by atoms with E-state index in [4.69, 9.17) is 15.0 Å². The second-order valence-electron chi connectivity index (χ2n) is 14.2. The lowest BCUT2D eigenvalue weighted by Crippen LogP contribution is -2.13. The highest BCUT2D eigenvalue weighted by atomic mass is 15.0. The number of hydrogen-bond donors (Lipinski definition) is 0. The molecule has 4 nitrogen and oxygen atoms in total. The van der Waals surface area contributed by atoms with Gasteiger partial charge in [-0.3, -0.25) is 0 Å². The zero-order chi connectivity index (χ0) is 36.0. The highest BCUT2D eigenvalue weighted by Crippen LogP contribution is 2.54. The molecule has 0 amide bonds. The van der Waals surface area contributed by atoms with Crippen molar-refractivity contribution < 1.29 is 0 Å². The van der Waals surface area contributed by atoms with Crippen LogP contribution in [0.4, 0.5) is 0 Å². The summed E-state index contributed by atoms with van der Waals surface area (Å²) in [6.45, 7) is 0. The van der Waals surface area contributed by atoms with Crippen molar-refractivity contribution in [1.29, 1.82) is 5.26 Å². The lowest BCUT2D eigenvalue weighted by Gasteiger charge is -2.29. The molecule has 2 atom stereocenters. The molecule has 4 heteroatoms. The molecule has 6 aromatic carbocycles. The molecule has 0 aliphatic heterocycles. The molecule has 2 unspecified atom stereocenters. The van der Waals surface area contributed by atoms with Crippen molar-refractivity contribution in [2.24, 2.45) is 0 Å². The van der Waals surface area contributed by atoms with Crippen molar-refractivity contribution in [2.45, 2.75) is 24.7 Å². The van der Waals surface area contributed by atoms with Gasteiger partial charge in [0.05, 0.1) is 11.6 Å². The highest BCUT2D eigenvalue weighted by Gasteiger charge is 2.38. The lowest BCUT2D eigenvalue weighted by atomic mass is 9.74. The van der Waals surface area contributed by atoms with Crippen LogP contribution in [-0.4, -0.2) is 15.0 Å². The molecule has 0 fully saturated rings. The number of hydrogen-bond acceptors (Lipinski definition) is 4. The highest BCUT2D eigenvalue weighted by molar-refractivity contribution is 5.87. The fraction of sp³-hybridized carbons (Fsp3) is 0.0800. The number of nitriles is 1. The number of aromatic nitrogens is 3. The van der Waals surface area contributed by atoms with Gasteiger partial charge in [0, 0.05) is 22.6 Å². The van der Waals surface area contributed by atoms with Crippen LogP contribution >= 0.6 is 0 Å². The molecule has 3 aliphatic rings. The maximum atomic E-state index is 9.41. The predicted molar refractivity (Wildman–Crippen MR) is 217 cm³/mol. The summed E-state index contributed by atoms with van der Waals surface area (Å²) in [5.74, 6) is 2.57. The monoisotopic (exact) mass is 690 g/mol. The minimum absolute atomic E-state index is 0.238. The summed E-state index contributed by atoms with van der Waals surface area (Å²) in [7, 11) is 0. The smallest absolute Gasteiger partial charge is 0.164 e. The van der Waals surface area contributed by atoms with Gasteiger partial charge < -0.3 is 0 Å². The first-order valence-corrected chi connectivity index (χ1v) is 18.5. The molecule has 1 aromatic heterocycles. The molecule has 54 heavy (non-hydrogen) atoms. The molecule has 0 saturated heterocycles. The van der Waals surface area contributed by atoms with E-state index in [2.05, 4.69) is 134 Å². The Kier molecular flexibility index (Phi) is 7.78. The molecule has 0 saturated carbocycles. The van der Waals surface area contributed by atoms with Crippen molar-refractivity contribution >= 4 is 11.1 Å². The van der Waals surface area contributed by atoms with E-state index in [0.29, 0.717) is 29.0 Å². The van der Waals surface area contributed by atoms with Crippen molar-refractivity contribution in [3.05, 3.63) is 209 Å². The molecular formula is C50H34N4. The van der Waals surface area contributed by atoms with E-state index in [-0.39, 0.29) is 5.92 Å². The van der Waals surface area contributed by atoms with E-state index in [1.165, 1.54) is 44.5 Å². The summed E-state index contributed by atoms with van der Waals surface area (Å²) in [4.78, 5) is 15.1. The van der Waals surface area contributed by atoms with Crippen LogP contribution in [0.2, 0.25) is 0 Å². The SMILES string of the molecule is N#Cc1ccc(-c2cccc3c2C2C=C(c4ccc(-c5nc(-c6ccccc6)nc(-c6cccc(C7=CC=CC7)c6)n5)cc4)c4ccccc4C2C3)cc1. The second kappa shape index (κ2) is 13.2.